The summed E-state index contributed by atoms with van der Waals surface area (Å²) in [6.45, 7) is 2.92. The van der Waals surface area contributed by atoms with Crippen molar-refractivity contribution in [1.82, 2.24) is 9.97 Å². The van der Waals surface area contributed by atoms with Crippen LogP contribution in [0.3, 0.4) is 0 Å². The van der Waals surface area contributed by atoms with Crippen LogP contribution in [0.2, 0.25) is 0 Å². The number of hydrogen-bond donors (Lipinski definition) is 1. The van der Waals surface area contributed by atoms with E-state index in [0.717, 1.165) is 36.1 Å². The highest BCUT2D eigenvalue weighted by atomic mass is 15.3. The first-order valence-electron chi connectivity index (χ1n) is 8.86. The van der Waals surface area contributed by atoms with Gasteiger partial charge in [0.25, 0.3) is 0 Å². The van der Waals surface area contributed by atoms with Gasteiger partial charge in [-0.3, -0.25) is 0 Å². The number of rotatable bonds is 4. The molecule has 26 heavy (non-hydrogen) atoms. The van der Waals surface area contributed by atoms with E-state index in [2.05, 4.69) is 68.6 Å². The van der Waals surface area contributed by atoms with Gasteiger partial charge in [0.1, 0.15) is 5.82 Å². The average molecular weight is 345 g/mol. The summed E-state index contributed by atoms with van der Waals surface area (Å²) >= 11 is 0. The topological polar surface area (TPSA) is 44.3 Å². The third kappa shape index (κ3) is 3.20. The summed E-state index contributed by atoms with van der Waals surface area (Å²) in [5.41, 5.74) is 5.70. The van der Waals surface area contributed by atoms with E-state index in [1.807, 2.05) is 27.1 Å². The largest absolute Gasteiger partial charge is 0.378 e. The SMILES string of the molecule is Cc1cc(Nc2ccc(N(C)C)cc2)nc(N2CCc3ccccc32)n1. The van der Waals surface area contributed by atoms with Crippen LogP contribution in [0, 0.1) is 6.92 Å². The Labute approximate surface area is 154 Å². The van der Waals surface area contributed by atoms with E-state index in [0.29, 0.717) is 0 Å². The third-order valence-electron chi connectivity index (χ3n) is 4.63. The van der Waals surface area contributed by atoms with Crippen LogP contribution in [0.25, 0.3) is 0 Å². The fourth-order valence-electron chi connectivity index (χ4n) is 3.27. The fourth-order valence-corrected chi connectivity index (χ4v) is 3.27. The van der Waals surface area contributed by atoms with Crippen LogP contribution in [0.5, 0.6) is 0 Å². The highest BCUT2D eigenvalue weighted by Crippen LogP contribution is 2.33. The molecule has 0 bridgehead atoms. The van der Waals surface area contributed by atoms with Crippen molar-refractivity contribution < 1.29 is 0 Å². The summed E-state index contributed by atoms with van der Waals surface area (Å²) < 4.78 is 0. The molecule has 2 aromatic carbocycles. The summed E-state index contributed by atoms with van der Waals surface area (Å²) in [6, 6.07) is 18.8. The predicted octanol–water partition coefficient (Wildman–Crippen LogP) is 4.29. The van der Waals surface area contributed by atoms with Crippen molar-refractivity contribution in [2.75, 3.05) is 35.8 Å². The summed E-state index contributed by atoms with van der Waals surface area (Å²) in [5.74, 6) is 1.57. The van der Waals surface area contributed by atoms with Gasteiger partial charge in [-0.05, 0) is 49.2 Å². The van der Waals surface area contributed by atoms with Crippen LogP contribution in [0.1, 0.15) is 11.3 Å². The van der Waals surface area contributed by atoms with Gasteiger partial charge in [0.05, 0.1) is 0 Å². The molecule has 0 amide bonds. The van der Waals surface area contributed by atoms with E-state index >= 15 is 0 Å². The Hall–Kier alpha value is -3.08. The molecule has 0 unspecified atom stereocenters. The maximum atomic E-state index is 4.76. The van der Waals surface area contributed by atoms with Gasteiger partial charge in [0.2, 0.25) is 5.95 Å². The molecule has 132 valence electrons. The fraction of sp³-hybridized carbons (Fsp3) is 0.238. The minimum absolute atomic E-state index is 0.752. The Morgan fingerprint density at radius 3 is 2.54 bits per heavy atom. The number of fused-ring (bicyclic) bond motifs is 1. The Morgan fingerprint density at radius 1 is 1.00 bits per heavy atom. The van der Waals surface area contributed by atoms with E-state index in [1.165, 1.54) is 16.9 Å². The van der Waals surface area contributed by atoms with Gasteiger partial charge in [-0.15, -0.1) is 0 Å². The molecule has 4 rings (SSSR count). The van der Waals surface area contributed by atoms with E-state index in [4.69, 9.17) is 4.98 Å². The van der Waals surface area contributed by atoms with Crippen LogP contribution in [-0.4, -0.2) is 30.6 Å². The number of hydrogen-bond acceptors (Lipinski definition) is 5. The lowest BCUT2D eigenvalue weighted by atomic mass is 10.2. The molecule has 5 nitrogen and oxygen atoms in total. The molecule has 1 N–H and O–H groups in total. The summed E-state index contributed by atoms with van der Waals surface area (Å²) in [4.78, 5) is 13.7. The van der Waals surface area contributed by atoms with Crippen molar-refractivity contribution in [3.8, 4) is 0 Å². The molecule has 0 atom stereocenters. The van der Waals surface area contributed by atoms with Gasteiger partial charge in [0, 0.05) is 49.5 Å². The quantitative estimate of drug-likeness (QED) is 0.764. The summed E-state index contributed by atoms with van der Waals surface area (Å²) in [6.07, 6.45) is 1.03. The van der Waals surface area contributed by atoms with Crippen molar-refractivity contribution in [3.63, 3.8) is 0 Å². The first kappa shape index (κ1) is 16.4. The van der Waals surface area contributed by atoms with Gasteiger partial charge in [-0.1, -0.05) is 18.2 Å². The average Bonchev–Trinajstić information content (AvgIpc) is 3.06. The van der Waals surface area contributed by atoms with Crippen molar-refractivity contribution >= 4 is 28.8 Å². The van der Waals surface area contributed by atoms with Crippen molar-refractivity contribution in [2.24, 2.45) is 0 Å². The molecule has 0 spiro atoms. The van der Waals surface area contributed by atoms with Crippen molar-refractivity contribution in [3.05, 3.63) is 65.9 Å². The van der Waals surface area contributed by atoms with Gasteiger partial charge >= 0.3 is 0 Å². The zero-order valence-electron chi connectivity index (χ0n) is 15.4. The smallest absolute Gasteiger partial charge is 0.232 e. The lowest BCUT2D eigenvalue weighted by Crippen LogP contribution is -2.17. The van der Waals surface area contributed by atoms with E-state index in [-0.39, 0.29) is 0 Å². The standard InChI is InChI=1S/C21H23N5/c1-15-14-20(23-17-8-10-18(11-9-17)25(2)3)24-21(22-15)26-13-12-16-6-4-5-7-19(16)26/h4-11,14H,12-13H2,1-3H3,(H,22,23,24). The van der Waals surface area contributed by atoms with E-state index in [1.54, 1.807) is 0 Å². The molecule has 1 aliphatic heterocycles. The second-order valence-electron chi connectivity index (χ2n) is 6.79. The van der Waals surface area contributed by atoms with Crippen LogP contribution in [0.4, 0.5) is 28.8 Å². The summed E-state index contributed by atoms with van der Waals surface area (Å²) in [5, 5.41) is 3.40. The van der Waals surface area contributed by atoms with Crippen LogP contribution < -0.4 is 15.1 Å². The van der Waals surface area contributed by atoms with Crippen LogP contribution >= 0.6 is 0 Å². The third-order valence-corrected chi connectivity index (χ3v) is 4.63. The molecule has 5 heteroatoms. The molecule has 0 fully saturated rings. The van der Waals surface area contributed by atoms with Gasteiger partial charge in [0.15, 0.2) is 0 Å². The monoisotopic (exact) mass is 345 g/mol. The molecular formula is C21H23N5. The molecule has 0 aliphatic carbocycles. The predicted molar refractivity (Wildman–Crippen MR) is 108 cm³/mol. The number of anilines is 5. The molecule has 0 saturated heterocycles. The van der Waals surface area contributed by atoms with Gasteiger partial charge in [-0.25, -0.2) is 4.98 Å². The second kappa shape index (κ2) is 6.67. The minimum atomic E-state index is 0.752. The molecule has 1 aromatic heterocycles. The van der Waals surface area contributed by atoms with E-state index < -0.39 is 0 Å². The second-order valence-corrected chi connectivity index (χ2v) is 6.79. The van der Waals surface area contributed by atoms with Crippen LogP contribution in [-0.2, 0) is 6.42 Å². The molecule has 2 heterocycles. The lowest BCUT2D eigenvalue weighted by molar-refractivity contribution is 0.931. The number of aromatic nitrogens is 2. The van der Waals surface area contributed by atoms with Crippen LogP contribution in [0.15, 0.2) is 54.6 Å². The van der Waals surface area contributed by atoms with Crippen molar-refractivity contribution in [2.45, 2.75) is 13.3 Å². The first-order valence-corrected chi connectivity index (χ1v) is 8.86. The normalized spacial score (nSPS) is 12.8. The number of nitrogens with one attached hydrogen (secondary N) is 1. The number of nitrogens with zero attached hydrogens (tertiary/aromatic N) is 4. The number of para-hydroxylation sites is 1. The number of aryl methyl sites for hydroxylation is 1. The Balaban J connectivity index is 1.61. The maximum absolute atomic E-state index is 4.76. The maximum Gasteiger partial charge on any atom is 0.232 e. The molecule has 0 saturated carbocycles. The molecular weight excluding hydrogens is 322 g/mol. The molecule has 0 radical (unpaired) electrons. The minimum Gasteiger partial charge on any atom is -0.378 e. The first-order chi connectivity index (χ1) is 12.6. The van der Waals surface area contributed by atoms with E-state index in [9.17, 15) is 0 Å². The summed E-state index contributed by atoms with van der Waals surface area (Å²) in [7, 11) is 4.08. The highest BCUT2D eigenvalue weighted by Gasteiger charge is 2.22. The highest BCUT2D eigenvalue weighted by molar-refractivity contribution is 5.67. The number of benzene rings is 2. The zero-order chi connectivity index (χ0) is 18.1. The molecule has 3 aromatic rings. The van der Waals surface area contributed by atoms with Gasteiger partial charge < -0.3 is 15.1 Å². The lowest BCUT2D eigenvalue weighted by Gasteiger charge is -2.19. The zero-order valence-corrected chi connectivity index (χ0v) is 15.4. The Morgan fingerprint density at radius 2 is 1.77 bits per heavy atom. The molecule has 1 aliphatic rings. The Kier molecular flexibility index (Phi) is 4.21. The van der Waals surface area contributed by atoms with Gasteiger partial charge in [-0.2, -0.15) is 4.98 Å². The van der Waals surface area contributed by atoms with Crippen molar-refractivity contribution in [1.29, 1.82) is 0 Å². The Bertz CT molecular complexity index is 918.